The third kappa shape index (κ3) is 7.59. The van der Waals surface area contributed by atoms with Crippen molar-refractivity contribution < 1.29 is 49.4 Å². The number of rotatable bonds is 10. The van der Waals surface area contributed by atoms with Gasteiger partial charge in [0, 0.05) is 17.2 Å². The molecule has 2 atom stereocenters. The van der Waals surface area contributed by atoms with Crippen LogP contribution in [0.3, 0.4) is 0 Å². The fourth-order valence-electron chi connectivity index (χ4n) is 5.85. The Kier molecular flexibility index (Phi) is 10.3. The summed E-state index contributed by atoms with van der Waals surface area (Å²) in [6.07, 6.45) is -7.36. The molecule has 3 N–H and O–H groups in total. The number of alkyl halides is 7. The van der Waals surface area contributed by atoms with Crippen LogP contribution >= 0.6 is 11.6 Å². The highest BCUT2D eigenvalue weighted by Gasteiger charge is 2.64. The predicted octanol–water partition coefficient (Wildman–Crippen LogP) is 7.43. The monoisotopic (exact) mass is 811 g/mol. The van der Waals surface area contributed by atoms with Gasteiger partial charge in [-0.05, 0) is 62.4 Å². The Morgan fingerprint density at radius 1 is 1.09 bits per heavy atom. The maximum atomic E-state index is 15.6. The van der Waals surface area contributed by atoms with Gasteiger partial charge in [-0.25, -0.2) is 32.3 Å². The maximum Gasteiger partial charge on any atom is 0.411 e. The average Bonchev–Trinajstić information content (AvgIpc) is 3.43. The summed E-state index contributed by atoms with van der Waals surface area (Å²) in [5, 5.41) is 20.1. The van der Waals surface area contributed by atoms with Crippen LogP contribution in [0.2, 0.25) is 5.02 Å². The van der Waals surface area contributed by atoms with E-state index in [4.69, 9.17) is 21.7 Å². The van der Waals surface area contributed by atoms with E-state index in [1.54, 1.807) is 26.1 Å². The fraction of sp³-hybridized carbons (Fsp3) is 0.371. The highest BCUT2D eigenvalue weighted by atomic mass is 35.5. The molecule has 0 radical (unpaired) electrons. The average molecular weight is 812 g/mol. The molecule has 1 aliphatic heterocycles. The first-order valence-corrected chi connectivity index (χ1v) is 16.9. The van der Waals surface area contributed by atoms with Gasteiger partial charge < -0.3 is 15.4 Å². The number of amides is 2. The summed E-state index contributed by atoms with van der Waals surface area (Å²) in [4.78, 5) is 31.8. The van der Waals surface area contributed by atoms with Crippen LogP contribution in [0, 0.1) is 28.5 Å². The van der Waals surface area contributed by atoms with Crippen molar-refractivity contribution in [2.45, 2.75) is 69.9 Å². The number of guanidine groups is 1. The minimum Gasteiger partial charge on any atom is -0.447 e. The van der Waals surface area contributed by atoms with Crippen LogP contribution in [0.15, 0.2) is 55.1 Å². The second-order valence-electron chi connectivity index (χ2n) is 13.9. The number of carbonyl (C=O) groups is 2. The summed E-state index contributed by atoms with van der Waals surface area (Å²) >= 11 is 6.18. The van der Waals surface area contributed by atoms with E-state index >= 15 is 4.39 Å². The molecule has 1 saturated carbocycles. The Balaban J connectivity index is 1.44. The molecule has 56 heavy (non-hydrogen) atoms. The number of alkyl carbamates (subject to hydrolysis) is 1. The molecule has 296 valence electrons. The third-order valence-corrected chi connectivity index (χ3v) is 9.27. The Bertz CT molecular complexity index is 2240. The third-order valence-electron chi connectivity index (χ3n) is 8.90. The van der Waals surface area contributed by atoms with E-state index in [-0.39, 0.29) is 11.1 Å². The van der Waals surface area contributed by atoms with Crippen molar-refractivity contribution in [2.75, 3.05) is 6.61 Å². The number of ether oxygens (including phenoxy) is 1. The van der Waals surface area contributed by atoms with Crippen molar-refractivity contribution in [1.29, 1.82) is 5.41 Å². The zero-order chi connectivity index (χ0) is 41.0. The molecule has 2 aromatic heterocycles. The quantitative estimate of drug-likeness (QED) is 0.112. The van der Waals surface area contributed by atoms with Gasteiger partial charge in [-0.3, -0.25) is 15.1 Å². The van der Waals surface area contributed by atoms with Crippen LogP contribution in [0.25, 0.3) is 16.8 Å². The number of hydrogen-bond acceptors (Lipinski definition) is 7. The molecule has 6 rings (SSSR count). The van der Waals surface area contributed by atoms with E-state index in [0.717, 1.165) is 29.6 Å². The number of nitrogens with one attached hydrogen (secondary N) is 3. The van der Waals surface area contributed by atoms with Gasteiger partial charge in [-0.15, -0.1) is 0 Å². The van der Waals surface area contributed by atoms with Crippen LogP contribution < -0.4 is 10.6 Å². The zero-order valence-electron chi connectivity index (χ0n) is 29.4. The summed E-state index contributed by atoms with van der Waals surface area (Å²) in [7, 11) is 0. The molecule has 2 amide bonds. The van der Waals surface area contributed by atoms with Gasteiger partial charge in [-0.2, -0.15) is 32.1 Å². The molecule has 1 saturated heterocycles. The SMILES string of the molecule is CC(C)(C)C#C[C@]1(c2ccc(-c3cnn(C(F)F)c3)cc2)NC(=N)N([C@H](COC(=O)NC2(C(F)(F)F)CC2)c2cc(F)c(Cl)c(-n3ncnc3C(F)F)c2)C1=O. The number of halogens is 9. The van der Waals surface area contributed by atoms with Crippen LogP contribution in [0.4, 0.5) is 39.9 Å². The Morgan fingerprint density at radius 3 is 2.34 bits per heavy atom. The lowest BCUT2D eigenvalue weighted by Gasteiger charge is -2.29. The maximum absolute atomic E-state index is 15.6. The van der Waals surface area contributed by atoms with E-state index in [9.17, 15) is 40.3 Å². The van der Waals surface area contributed by atoms with Crippen molar-refractivity contribution in [2.24, 2.45) is 5.41 Å². The smallest absolute Gasteiger partial charge is 0.411 e. The van der Waals surface area contributed by atoms with Gasteiger partial charge in [0.05, 0.1) is 17.9 Å². The van der Waals surface area contributed by atoms with E-state index < -0.39 is 101 Å². The number of nitrogens with zero attached hydrogens (tertiary/aromatic N) is 6. The van der Waals surface area contributed by atoms with Gasteiger partial charge >= 0.3 is 18.8 Å². The van der Waals surface area contributed by atoms with E-state index in [1.807, 2.05) is 0 Å². The largest absolute Gasteiger partial charge is 0.447 e. The zero-order valence-corrected chi connectivity index (χ0v) is 30.1. The molecule has 2 aromatic carbocycles. The molecule has 21 heteroatoms. The molecular formula is C35H30ClF8N9O3. The van der Waals surface area contributed by atoms with Crippen molar-refractivity contribution in [3.05, 3.63) is 82.9 Å². The number of carbonyl (C=O) groups excluding carboxylic acids is 2. The minimum absolute atomic E-state index is 0.141. The highest BCUT2D eigenvalue weighted by molar-refractivity contribution is 6.32. The van der Waals surface area contributed by atoms with E-state index in [2.05, 4.69) is 32.3 Å². The topological polar surface area (TPSA) is 143 Å². The van der Waals surface area contributed by atoms with Gasteiger partial charge in [0.15, 0.2) is 5.82 Å². The Morgan fingerprint density at radius 2 is 1.77 bits per heavy atom. The minimum atomic E-state index is -4.82. The molecule has 0 unspecified atom stereocenters. The van der Waals surface area contributed by atoms with Gasteiger partial charge in [0.2, 0.25) is 11.5 Å². The van der Waals surface area contributed by atoms with Crippen LogP contribution in [0.5, 0.6) is 0 Å². The number of hydrogen-bond donors (Lipinski definition) is 3. The van der Waals surface area contributed by atoms with Gasteiger partial charge in [-0.1, -0.05) is 47.7 Å². The molecule has 12 nitrogen and oxygen atoms in total. The normalized spacial score (nSPS) is 18.5. The second kappa shape index (κ2) is 14.4. The lowest BCUT2D eigenvalue weighted by molar-refractivity contribution is -0.164. The summed E-state index contributed by atoms with van der Waals surface area (Å²) in [5.74, 6) is 1.99. The van der Waals surface area contributed by atoms with Gasteiger partial charge in [0.25, 0.3) is 12.3 Å². The lowest BCUT2D eigenvalue weighted by Crippen LogP contribution is -2.48. The second-order valence-corrected chi connectivity index (χ2v) is 14.3. The summed E-state index contributed by atoms with van der Waals surface area (Å²) in [5.41, 5.74) is -5.29. The lowest BCUT2D eigenvalue weighted by atomic mass is 9.86. The molecule has 2 fully saturated rings. The molecular weight excluding hydrogens is 782 g/mol. The van der Waals surface area contributed by atoms with Crippen molar-refractivity contribution in [3.8, 4) is 28.7 Å². The molecule has 3 heterocycles. The van der Waals surface area contributed by atoms with Crippen LogP contribution in [0.1, 0.15) is 69.6 Å². The first kappa shape index (κ1) is 40.0. The molecule has 0 spiro atoms. The molecule has 2 aliphatic rings. The summed E-state index contributed by atoms with van der Waals surface area (Å²) in [6, 6.07) is 5.92. The standard InChI is InChI=1S/C35H30ClF8N9O3/c1-32(2,3)8-11-34(21-6-4-18(5-7-21)20-14-47-51(15-20)29(40)41)28(54)52(30(45)49-34)24(16-56-31(55)50-33(9-10-33)35(42,43)44)19-12-22(37)25(36)23(13-19)53-27(26(38)39)46-17-48-53/h4-7,12-15,17,24,26,29H,9-10,16H2,1-3H3,(H2,45,49)(H,50,55)/t24-,34-/m1/s1. The van der Waals surface area contributed by atoms with Crippen molar-refractivity contribution >= 4 is 29.6 Å². The van der Waals surface area contributed by atoms with Gasteiger partial charge in [0.1, 0.15) is 29.3 Å². The summed E-state index contributed by atoms with van der Waals surface area (Å²) < 4.78 is 117. The number of aromatic nitrogens is 5. The Labute approximate surface area is 317 Å². The molecule has 1 aliphatic carbocycles. The van der Waals surface area contributed by atoms with Crippen LogP contribution in [-0.4, -0.2) is 65.7 Å². The van der Waals surface area contributed by atoms with Crippen molar-refractivity contribution in [1.82, 2.24) is 40.1 Å². The fourth-order valence-corrected chi connectivity index (χ4v) is 6.04. The van der Waals surface area contributed by atoms with Crippen molar-refractivity contribution in [3.63, 3.8) is 0 Å². The summed E-state index contributed by atoms with van der Waals surface area (Å²) in [6.45, 7) is 1.31. The Hall–Kier alpha value is -5.71. The first-order valence-electron chi connectivity index (χ1n) is 16.5. The molecule has 4 aromatic rings. The van der Waals surface area contributed by atoms with E-state index in [1.165, 1.54) is 30.5 Å². The van der Waals surface area contributed by atoms with E-state index in [0.29, 0.717) is 20.5 Å². The predicted molar refractivity (Wildman–Crippen MR) is 182 cm³/mol. The highest BCUT2D eigenvalue weighted by Crippen LogP contribution is 2.49. The molecule has 0 bridgehead atoms. The number of benzene rings is 2. The van der Waals surface area contributed by atoms with Crippen LogP contribution in [-0.2, 0) is 15.1 Å². The first-order chi connectivity index (χ1) is 26.2.